The molecule has 5 nitrogen and oxygen atoms in total. The number of carbonyl (C=O) groups is 2. The van der Waals surface area contributed by atoms with Gasteiger partial charge >= 0.3 is 5.97 Å². The van der Waals surface area contributed by atoms with Crippen molar-refractivity contribution in [1.29, 1.82) is 0 Å². The maximum atomic E-state index is 13.1. The number of ether oxygens (including phenoxy) is 2. The minimum absolute atomic E-state index is 0.0475. The topological polar surface area (TPSA) is 72.8 Å². The van der Waals surface area contributed by atoms with Gasteiger partial charge in [0.05, 0.1) is 18.3 Å². The molecule has 1 atom stereocenters. The van der Waals surface area contributed by atoms with Crippen molar-refractivity contribution in [1.82, 2.24) is 0 Å². The molecule has 1 N–H and O–H groups in total. The Morgan fingerprint density at radius 2 is 1.76 bits per heavy atom. The van der Waals surface area contributed by atoms with Crippen LogP contribution in [0.5, 0.6) is 11.5 Å². The van der Waals surface area contributed by atoms with Gasteiger partial charge in [-0.1, -0.05) is 49.4 Å². The van der Waals surface area contributed by atoms with E-state index >= 15 is 0 Å². The first-order chi connectivity index (χ1) is 16.4. The Morgan fingerprint density at radius 3 is 2.44 bits per heavy atom. The molecule has 1 unspecified atom stereocenters. The van der Waals surface area contributed by atoms with E-state index in [1.54, 1.807) is 0 Å². The van der Waals surface area contributed by atoms with Gasteiger partial charge in [0.25, 0.3) is 0 Å². The predicted octanol–water partition coefficient (Wildman–Crippen LogP) is 6.04. The number of aliphatic carboxylic acids is 1. The van der Waals surface area contributed by atoms with Gasteiger partial charge in [-0.3, -0.25) is 9.59 Å². The first-order valence-corrected chi connectivity index (χ1v) is 11.7. The Balaban J connectivity index is 1.60. The first kappa shape index (κ1) is 25.0. The summed E-state index contributed by atoms with van der Waals surface area (Å²) in [5.74, 6) is 0.480. The van der Waals surface area contributed by atoms with Gasteiger partial charge in [0.2, 0.25) is 0 Å². The van der Waals surface area contributed by atoms with Crippen molar-refractivity contribution in [2.75, 3.05) is 6.61 Å². The molecule has 0 aliphatic carbocycles. The fraction of sp³-hybridized carbons (Fsp3) is 0.310. The molecule has 3 rings (SSSR count). The minimum Gasteiger partial charge on any atom is -0.493 e. The van der Waals surface area contributed by atoms with E-state index in [2.05, 4.69) is 6.92 Å². The van der Waals surface area contributed by atoms with Gasteiger partial charge in [-0.25, -0.2) is 0 Å². The second-order valence-corrected chi connectivity index (χ2v) is 8.43. The van der Waals surface area contributed by atoms with Gasteiger partial charge in [0.15, 0.2) is 5.78 Å². The zero-order valence-corrected chi connectivity index (χ0v) is 20.0. The summed E-state index contributed by atoms with van der Waals surface area (Å²) in [4.78, 5) is 23.9. The van der Waals surface area contributed by atoms with E-state index in [0.717, 1.165) is 28.9 Å². The van der Waals surface area contributed by atoms with Crippen LogP contribution >= 0.6 is 0 Å². The molecule has 0 bridgehead atoms. The second kappa shape index (κ2) is 12.0. The highest BCUT2D eigenvalue weighted by molar-refractivity contribution is 6.10. The number of rotatable bonds is 12. The Labute approximate surface area is 201 Å². The summed E-state index contributed by atoms with van der Waals surface area (Å²) >= 11 is 0. The maximum Gasteiger partial charge on any atom is 0.303 e. The third-order valence-electron chi connectivity index (χ3n) is 5.77. The number of hydrogen-bond acceptors (Lipinski definition) is 4. The summed E-state index contributed by atoms with van der Waals surface area (Å²) in [5.41, 5.74) is 4.33. The zero-order chi connectivity index (χ0) is 24.5. The molecule has 3 aromatic carbocycles. The van der Waals surface area contributed by atoms with Crippen LogP contribution in [0.1, 0.15) is 59.3 Å². The maximum absolute atomic E-state index is 13.1. The normalized spacial score (nSPS) is 11.6. The fourth-order valence-electron chi connectivity index (χ4n) is 3.74. The van der Waals surface area contributed by atoms with Crippen LogP contribution in [0.2, 0.25) is 0 Å². The number of aryl methyl sites for hydroxylation is 3. The van der Waals surface area contributed by atoms with Crippen molar-refractivity contribution in [3.8, 4) is 11.5 Å². The monoisotopic (exact) mass is 460 g/mol. The SMILES string of the molecule is CCc1ccc(OCCC(C)Oc2ccc(CCC(=O)O)c(C)c2)c(C(=O)c2ccccc2)c1. The van der Waals surface area contributed by atoms with Crippen molar-refractivity contribution in [3.63, 3.8) is 0 Å². The molecule has 34 heavy (non-hydrogen) atoms. The number of hydrogen-bond donors (Lipinski definition) is 1. The van der Waals surface area contributed by atoms with Gasteiger partial charge < -0.3 is 14.6 Å². The molecule has 0 fully saturated rings. The summed E-state index contributed by atoms with van der Waals surface area (Å²) in [6, 6.07) is 20.8. The number of benzene rings is 3. The molecule has 0 aromatic heterocycles. The number of carboxylic acids is 1. The lowest BCUT2D eigenvalue weighted by Crippen LogP contribution is -2.17. The van der Waals surface area contributed by atoms with Crippen molar-refractivity contribution in [3.05, 3.63) is 94.5 Å². The van der Waals surface area contributed by atoms with Crippen LogP contribution in [0.3, 0.4) is 0 Å². The summed E-state index contributed by atoms with van der Waals surface area (Å²) in [5, 5.41) is 8.88. The van der Waals surface area contributed by atoms with Gasteiger partial charge in [0.1, 0.15) is 11.5 Å². The Morgan fingerprint density at radius 1 is 1.00 bits per heavy atom. The summed E-state index contributed by atoms with van der Waals surface area (Å²) < 4.78 is 12.1. The van der Waals surface area contributed by atoms with E-state index in [0.29, 0.717) is 36.3 Å². The van der Waals surface area contributed by atoms with Crippen LogP contribution in [-0.2, 0) is 17.6 Å². The first-order valence-electron chi connectivity index (χ1n) is 11.7. The standard InChI is InChI=1S/C29H32O5/c1-4-22-10-14-27(26(19-22)29(32)24-8-6-5-7-9-24)33-17-16-21(3)34-25-13-11-23(20(2)18-25)12-15-28(30)31/h5-11,13-14,18-19,21H,4,12,15-17H2,1-3H3,(H,30,31). The van der Waals surface area contributed by atoms with Crippen molar-refractivity contribution < 1.29 is 24.2 Å². The third-order valence-corrected chi connectivity index (χ3v) is 5.77. The quantitative estimate of drug-likeness (QED) is 0.334. The number of carboxylic acid groups (broad SMARTS) is 1. The lowest BCUT2D eigenvalue weighted by Gasteiger charge is -2.17. The molecule has 0 amide bonds. The van der Waals surface area contributed by atoms with E-state index < -0.39 is 5.97 Å². The molecule has 0 saturated carbocycles. The average Bonchev–Trinajstić information content (AvgIpc) is 2.83. The summed E-state index contributed by atoms with van der Waals surface area (Å²) in [6.45, 7) is 6.42. The molecule has 178 valence electrons. The van der Waals surface area contributed by atoms with Gasteiger partial charge in [-0.2, -0.15) is 0 Å². The molecular weight excluding hydrogens is 428 g/mol. The van der Waals surface area contributed by atoms with Gasteiger partial charge in [0, 0.05) is 18.4 Å². The minimum atomic E-state index is -0.800. The highest BCUT2D eigenvalue weighted by Gasteiger charge is 2.16. The molecule has 0 saturated heterocycles. The lowest BCUT2D eigenvalue weighted by molar-refractivity contribution is -0.136. The van der Waals surface area contributed by atoms with E-state index in [1.165, 1.54) is 0 Å². The average molecular weight is 461 g/mol. The Bertz CT molecular complexity index is 1120. The van der Waals surface area contributed by atoms with Crippen LogP contribution in [0.15, 0.2) is 66.7 Å². The fourth-order valence-corrected chi connectivity index (χ4v) is 3.74. The van der Waals surface area contributed by atoms with E-state index in [9.17, 15) is 9.59 Å². The molecule has 0 aliphatic heterocycles. The molecule has 0 aliphatic rings. The summed E-state index contributed by atoms with van der Waals surface area (Å²) in [7, 11) is 0. The highest BCUT2D eigenvalue weighted by atomic mass is 16.5. The third kappa shape index (κ3) is 6.95. The molecule has 0 heterocycles. The van der Waals surface area contributed by atoms with E-state index in [4.69, 9.17) is 14.6 Å². The molecule has 3 aromatic rings. The van der Waals surface area contributed by atoms with Crippen LogP contribution in [0.4, 0.5) is 0 Å². The van der Waals surface area contributed by atoms with Crippen molar-refractivity contribution >= 4 is 11.8 Å². The predicted molar refractivity (Wildman–Crippen MR) is 133 cm³/mol. The van der Waals surface area contributed by atoms with Crippen LogP contribution in [0.25, 0.3) is 0 Å². The van der Waals surface area contributed by atoms with E-state index in [1.807, 2.05) is 80.6 Å². The Hall–Kier alpha value is -3.60. The summed E-state index contributed by atoms with van der Waals surface area (Å²) in [6.07, 6.45) is 2.02. The molecule has 0 spiro atoms. The van der Waals surface area contributed by atoms with E-state index in [-0.39, 0.29) is 18.3 Å². The van der Waals surface area contributed by atoms with Crippen LogP contribution in [-0.4, -0.2) is 29.6 Å². The van der Waals surface area contributed by atoms with Gasteiger partial charge in [-0.15, -0.1) is 0 Å². The largest absolute Gasteiger partial charge is 0.493 e. The number of ketones is 1. The van der Waals surface area contributed by atoms with Crippen molar-refractivity contribution in [2.24, 2.45) is 0 Å². The smallest absolute Gasteiger partial charge is 0.303 e. The highest BCUT2D eigenvalue weighted by Crippen LogP contribution is 2.25. The van der Waals surface area contributed by atoms with Gasteiger partial charge in [-0.05, 0) is 67.6 Å². The van der Waals surface area contributed by atoms with Crippen LogP contribution in [0, 0.1) is 6.92 Å². The lowest BCUT2D eigenvalue weighted by atomic mass is 9.99. The van der Waals surface area contributed by atoms with Crippen molar-refractivity contribution in [2.45, 2.75) is 52.6 Å². The second-order valence-electron chi connectivity index (χ2n) is 8.43. The molecular formula is C29H32O5. The molecule has 0 radical (unpaired) electrons. The number of carbonyl (C=O) groups excluding carboxylic acids is 1. The zero-order valence-electron chi connectivity index (χ0n) is 20.0. The van der Waals surface area contributed by atoms with Crippen LogP contribution < -0.4 is 9.47 Å². The Kier molecular flexibility index (Phi) is 8.86. The molecule has 5 heteroatoms.